The number of hydrogen-bond donors (Lipinski definition) is 4. The number of aryl methyl sites for hydroxylation is 1. The van der Waals surface area contributed by atoms with E-state index >= 15 is 0 Å². The maximum absolute atomic E-state index is 11.9. The summed E-state index contributed by atoms with van der Waals surface area (Å²) in [7, 11) is 1.50. The molecule has 1 aromatic rings. The first kappa shape index (κ1) is 15.6. The number of likely N-dealkylation sites (tertiary alicyclic amines) is 1. The number of carbonyl (C=O) groups excluding carboxylic acids is 1. The Morgan fingerprint density at radius 3 is 2.62 bits per heavy atom. The Morgan fingerprint density at radius 2 is 2.10 bits per heavy atom. The fraction of sp³-hybridized carbons (Fsp3) is 0.533. The highest BCUT2D eigenvalue weighted by molar-refractivity contribution is 5.75. The fourth-order valence-corrected chi connectivity index (χ4v) is 2.77. The molecule has 2 heterocycles. The zero-order chi connectivity index (χ0) is 15.5. The molecular weight excluding hydrogens is 268 g/mol. The van der Waals surface area contributed by atoms with Gasteiger partial charge >= 0.3 is 6.03 Å². The third-order valence-electron chi connectivity index (χ3n) is 4.10. The highest BCUT2D eigenvalue weighted by Gasteiger charge is 2.49. The van der Waals surface area contributed by atoms with Gasteiger partial charge in [-0.1, -0.05) is 6.07 Å². The van der Waals surface area contributed by atoms with Crippen LogP contribution in [0.25, 0.3) is 0 Å². The number of benzene rings is 1. The minimum Gasteiger partial charge on any atom is -0.508 e. The van der Waals surface area contributed by atoms with Gasteiger partial charge in [0.1, 0.15) is 5.75 Å². The molecule has 0 unspecified atom stereocenters. The summed E-state index contributed by atoms with van der Waals surface area (Å²) in [6.07, 6.45) is 0. The Bertz CT molecular complexity index is 506. The van der Waals surface area contributed by atoms with E-state index in [1.165, 1.54) is 7.05 Å². The predicted octanol–water partition coefficient (Wildman–Crippen LogP) is 0.390. The molecule has 0 aromatic heterocycles. The summed E-state index contributed by atoms with van der Waals surface area (Å²) in [6, 6.07) is 5.20. The van der Waals surface area contributed by atoms with E-state index in [-0.39, 0.29) is 11.8 Å². The van der Waals surface area contributed by atoms with Gasteiger partial charge in [0.05, 0.1) is 0 Å². The van der Waals surface area contributed by atoms with E-state index in [0.717, 1.165) is 37.3 Å². The molecule has 5 N–H and O–H groups in total. The van der Waals surface area contributed by atoms with E-state index in [9.17, 15) is 9.90 Å². The largest absolute Gasteiger partial charge is 0.508 e. The highest BCUT2D eigenvalue weighted by atomic mass is 16.3. The first-order valence-electron chi connectivity index (χ1n) is 7.18. The van der Waals surface area contributed by atoms with Gasteiger partial charge in [-0.2, -0.15) is 0 Å². The molecule has 2 saturated heterocycles. The number of hydrogen-bond acceptors (Lipinski definition) is 4. The van der Waals surface area contributed by atoms with Crippen molar-refractivity contribution in [3.63, 3.8) is 0 Å². The van der Waals surface area contributed by atoms with Crippen molar-refractivity contribution in [3.8, 4) is 5.75 Å². The number of amides is 2. The number of phenols is 1. The van der Waals surface area contributed by atoms with Crippen LogP contribution in [0.1, 0.15) is 11.1 Å². The third-order valence-corrected chi connectivity index (χ3v) is 4.10. The second-order valence-electron chi connectivity index (χ2n) is 5.73. The van der Waals surface area contributed by atoms with Crippen molar-refractivity contribution >= 4 is 6.03 Å². The van der Waals surface area contributed by atoms with E-state index in [1.54, 1.807) is 12.1 Å². The molecule has 2 amide bonds. The summed E-state index contributed by atoms with van der Waals surface area (Å²) in [5.41, 5.74) is 6.89. The average Bonchev–Trinajstić information content (AvgIpc) is 2.37. The Hall–Kier alpha value is -1.79. The van der Waals surface area contributed by atoms with E-state index in [2.05, 4.69) is 16.4 Å². The first-order valence-corrected chi connectivity index (χ1v) is 7.18. The summed E-state index contributed by atoms with van der Waals surface area (Å²) >= 11 is 0. The third kappa shape index (κ3) is 3.28. The quantitative estimate of drug-likeness (QED) is 0.635. The molecule has 6 heteroatoms. The molecule has 0 aliphatic carbocycles. The van der Waals surface area contributed by atoms with Crippen LogP contribution in [0.4, 0.5) is 4.79 Å². The van der Waals surface area contributed by atoms with Gasteiger partial charge in [-0.15, -0.1) is 0 Å². The maximum Gasteiger partial charge on any atom is 0.317 e. The predicted molar refractivity (Wildman–Crippen MR) is 82.1 cm³/mol. The lowest BCUT2D eigenvalue weighted by Gasteiger charge is -2.55. The summed E-state index contributed by atoms with van der Waals surface area (Å²) < 4.78 is 0. The molecule has 21 heavy (non-hydrogen) atoms. The Morgan fingerprint density at radius 1 is 1.43 bits per heavy atom. The van der Waals surface area contributed by atoms with Gasteiger partial charge in [0.25, 0.3) is 0 Å². The van der Waals surface area contributed by atoms with Gasteiger partial charge in [-0.05, 0) is 37.2 Å². The highest BCUT2D eigenvalue weighted by Crippen LogP contribution is 2.33. The number of aromatic hydroxyl groups is 1. The van der Waals surface area contributed by atoms with Crippen molar-refractivity contribution in [1.82, 2.24) is 15.5 Å². The number of nitrogens with one attached hydrogen (secondary N) is 2. The minimum atomic E-state index is 0.00463. The standard InChI is InChI=1S/C14H19N3O2.CH5N/c1-10-4-12(18)3-2-11(10)5-16-13(19)17-8-14(9-17)6-15-7-14;1-2/h2-4,15,18H,5-9H2,1H3,(H,16,19);2H2,1H3. The molecule has 116 valence electrons. The van der Waals surface area contributed by atoms with E-state index in [0.29, 0.717) is 12.0 Å². The molecule has 0 bridgehead atoms. The Balaban J connectivity index is 0.000000774. The van der Waals surface area contributed by atoms with Crippen LogP contribution in [0.15, 0.2) is 18.2 Å². The van der Waals surface area contributed by atoms with Gasteiger partial charge in [-0.3, -0.25) is 0 Å². The molecule has 1 spiro atoms. The monoisotopic (exact) mass is 292 g/mol. The molecular formula is C15H24N4O2. The van der Waals surface area contributed by atoms with E-state index in [1.807, 2.05) is 17.9 Å². The zero-order valence-electron chi connectivity index (χ0n) is 12.6. The summed E-state index contributed by atoms with van der Waals surface area (Å²) in [5.74, 6) is 0.259. The van der Waals surface area contributed by atoms with Gasteiger partial charge in [-0.25, -0.2) is 4.79 Å². The van der Waals surface area contributed by atoms with Crippen molar-refractivity contribution in [2.75, 3.05) is 33.2 Å². The summed E-state index contributed by atoms with van der Waals surface area (Å²) in [4.78, 5) is 13.8. The van der Waals surface area contributed by atoms with Crippen LogP contribution < -0.4 is 16.4 Å². The molecule has 1 aromatic carbocycles. The van der Waals surface area contributed by atoms with Crippen molar-refractivity contribution in [2.24, 2.45) is 11.1 Å². The molecule has 6 nitrogen and oxygen atoms in total. The number of urea groups is 1. The summed E-state index contributed by atoms with van der Waals surface area (Å²) in [6.45, 7) is 6.23. The average molecular weight is 292 g/mol. The SMILES string of the molecule is CN.Cc1cc(O)ccc1CNC(=O)N1CC2(CNC2)C1. The topological polar surface area (TPSA) is 90.6 Å². The molecule has 3 rings (SSSR count). The summed E-state index contributed by atoms with van der Waals surface area (Å²) in [5, 5.41) is 15.5. The molecule has 2 fully saturated rings. The number of phenolic OH excluding ortho intramolecular Hbond substituents is 1. The van der Waals surface area contributed by atoms with Crippen molar-refractivity contribution < 1.29 is 9.90 Å². The van der Waals surface area contributed by atoms with Gasteiger partial charge < -0.3 is 26.4 Å². The van der Waals surface area contributed by atoms with Gasteiger partial charge in [0.15, 0.2) is 0 Å². The Labute approximate surface area is 125 Å². The van der Waals surface area contributed by atoms with Crippen LogP contribution in [0.3, 0.4) is 0 Å². The van der Waals surface area contributed by atoms with Crippen LogP contribution >= 0.6 is 0 Å². The van der Waals surface area contributed by atoms with E-state index < -0.39 is 0 Å². The normalized spacial score (nSPS) is 18.1. The van der Waals surface area contributed by atoms with Crippen LogP contribution in [-0.2, 0) is 6.54 Å². The van der Waals surface area contributed by atoms with Crippen molar-refractivity contribution in [1.29, 1.82) is 0 Å². The maximum atomic E-state index is 11.9. The molecule has 0 saturated carbocycles. The lowest BCUT2D eigenvalue weighted by molar-refractivity contribution is -0.0111. The van der Waals surface area contributed by atoms with Crippen LogP contribution in [0.2, 0.25) is 0 Å². The first-order chi connectivity index (χ1) is 10.1. The van der Waals surface area contributed by atoms with Gasteiger partial charge in [0.2, 0.25) is 0 Å². The number of carbonyl (C=O) groups is 1. The fourth-order valence-electron chi connectivity index (χ4n) is 2.77. The molecule has 0 atom stereocenters. The number of nitrogens with two attached hydrogens (primary N) is 1. The van der Waals surface area contributed by atoms with Crippen molar-refractivity contribution in [3.05, 3.63) is 29.3 Å². The number of rotatable bonds is 2. The minimum absolute atomic E-state index is 0.00463. The molecule has 2 aliphatic rings. The lowest BCUT2D eigenvalue weighted by atomic mass is 9.75. The second-order valence-corrected chi connectivity index (χ2v) is 5.73. The smallest absolute Gasteiger partial charge is 0.317 e. The van der Waals surface area contributed by atoms with Crippen LogP contribution in [0.5, 0.6) is 5.75 Å². The number of nitrogens with zero attached hydrogens (tertiary/aromatic N) is 1. The molecule has 2 aliphatic heterocycles. The van der Waals surface area contributed by atoms with Crippen LogP contribution in [-0.4, -0.2) is 49.3 Å². The van der Waals surface area contributed by atoms with Gasteiger partial charge in [0, 0.05) is 38.1 Å². The second kappa shape index (κ2) is 6.32. The zero-order valence-corrected chi connectivity index (χ0v) is 12.6. The lowest BCUT2D eigenvalue weighted by Crippen LogP contribution is -2.72. The van der Waals surface area contributed by atoms with Crippen LogP contribution in [0, 0.1) is 12.3 Å². The Kier molecular flexibility index (Phi) is 4.69. The van der Waals surface area contributed by atoms with E-state index in [4.69, 9.17) is 0 Å². The molecule has 0 radical (unpaired) electrons. The van der Waals surface area contributed by atoms with Crippen molar-refractivity contribution in [2.45, 2.75) is 13.5 Å².